The summed E-state index contributed by atoms with van der Waals surface area (Å²) in [5, 5.41) is 19.7. The number of phenolic OH excluding ortho intramolecular Hbond substituents is 1. The zero-order valence-electron chi connectivity index (χ0n) is 10.0. The van der Waals surface area contributed by atoms with Gasteiger partial charge in [-0.05, 0) is 43.4 Å². The molecule has 0 unspecified atom stereocenters. The lowest BCUT2D eigenvalue weighted by Gasteiger charge is -2.28. The van der Waals surface area contributed by atoms with Gasteiger partial charge in [-0.15, -0.1) is 0 Å². The summed E-state index contributed by atoms with van der Waals surface area (Å²) in [6, 6.07) is 4.03. The van der Waals surface area contributed by atoms with E-state index in [2.05, 4.69) is 0 Å². The fraction of sp³-hybridized carbons (Fsp3) is 0.571. The van der Waals surface area contributed by atoms with Crippen molar-refractivity contribution in [1.82, 2.24) is 0 Å². The number of hydrogen-bond acceptors (Lipinski definition) is 2. The molecule has 1 saturated carbocycles. The molecule has 2 N–H and O–H groups in total. The number of hydrogen-bond donors (Lipinski definition) is 2. The highest BCUT2D eigenvalue weighted by Crippen LogP contribution is 2.35. The number of aromatic hydroxyl groups is 1. The highest BCUT2D eigenvalue weighted by atomic mass is 16.3. The quantitative estimate of drug-likeness (QED) is 0.763. The van der Waals surface area contributed by atoms with Gasteiger partial charge >= 0.3 is 0 Å². The van der Waals surface area contributed by atoms with Crippen LogP contribution in [0.2, 0.25) is 0 Å². The summed E-state index contributed by atoms with van der Waals surface area (Å²) in [6.07, 6.45) is 4.08. The monoisotopic (exact) mass is 220 g/mol. The van der Waals surface area contributed by atoms with Crippen molar-refractivity contribution in [2.24, 2.45) is 0 Å². The van der Waals surface area contributed by atoms with Crippen LogP contribution in [0.5, 0.6) is 5.75 Å². The van der Waals surface area contributed by atoms with Gasteiger partial charge < -0.3 is 10.2 Å². The SMILES string of the molecule is Cc1cc([C@H]2CCCC[C@@H]2O)cc(C)c1O. The third-order valence-corrected chi connectivity index (χ3v) is 3.67. The van der Waals surface area contributed by atoms with Crippen LogP contribution in [0.1, 0.15) is 48.3 Å². The molecule has 1 aliphatic rings. The molecule has 0 saturated heterocycles. The number of benzene rings is 1. The topological polar surface area (TPSA) is 40.5 Å². The fourth-order valence-electron chi connectivity index (χ4n) is 2.70. The van der Waals surface area contributed by atoms with Gasteiger partial charge in [0.15, 0.2) is 0 Å². The fourth-order valence-corrected chi connectivity index (χ4v) is 2.70. The first-order valence-corrected chi connectivity index (χ1v) is 6.08. The van der Waals surface area contributed by atoms with Gasteiger partial charge in [-0.1, -0.05) is 25.0 Å². The summed E-state index contributed by atoms with van der Waals surface area (Å²) in [4.78, 5) is 0. The van der Waals surface area contributed by atoms with E-state index in [0.717, 1.165) is 30.4 Å². The molecule has 16 heavy (non-hydrogen) atoms. The van der Waals surface area contributed by atoms with E-state index in [1.807, 2.05) is 26.0 Å². The lowest BCUT2D eigenvalue weighted by molar-refractivity contribution is 0.106. The highest BCUT2D eigenvalue weighted by Gasteiger charge is 2.25. The van der Waals surface area contributed by atoms with Gasteiger partial charge in [-0.2, -0.15) is 0 Å². The highest BCUT2D eigenvalue weighted by molar-refractivity contribution is 5.43. The van der Waals surface area contributed by atoms with Gasteiger partial charge in [0.2, 0.25) is 0 Å². The zero-order chi connectivity index (χ0) is 11.7. The Hall–Kier alpha value is -1.02. The molecule has 2 atom stereocenters. The second-order valence-electron chi connectivity index (χ2n) is 4.96. The smallest absolute Gasteiger partial charge is 0.121 e. The minimum Gasteiger partial charge on any atom is -0.507 e. The van der Waals surface area contributed by atoms with Crippen LogP contribution in [0.25, 0.3) is 0 Å². The van der Waals surface area contributed by atoms with Crippen molar-refractivity contribution >= 4 is 0 Å². The molecule has 1 fully saturated rings. The van der Waals surface area contributed by atoms with E-state index in [1.54, 1.807) is 0 Å². The summed E-state index contributed by atoms with van der Waals surface area (Å²) in [5.74, 6) is 0.640. The van der Waals surface area contributed by atoms with Gasteiger partial charge in [0.25, 0.3) is 0 Å². The van der Waals surface area contributed by atoms with Crippen molar-refractivity contribution < 1.29 is 10.2 Å². The first-order valence-electron chi connectivity index (χ1n) is 6.08. The Morgan fingerprint density at radius 2 is 1.62 bits per heavy atom. The van der Waals surface area contributed by atoms with Gasteiger partial charge in [0.1, 0.15) is 5.75 Å². The van der Waals surface area contributed by atoms with Crippen molar-refractivity contribution in [1.29, 1.82) is 0 Å². The standard InChI is InChI=1S/C14H20O2/c1-9-7-11(8-10(2)14(9)16)12-5-3-4-6-13(12)15/h7-8,12-13,15-16H,3-6H2,1-2H3/t12-,13+/m1/s1. The molecule has 2 heteroatoms. The Morgan fingerprint density at radius 3 is 2.19 bits per heavy atom. The van der Waals surface area contributed by atoms with Crippen LogP contribution in [-0.4, -0.2) is 16.3 Å². The molecule has 1 aromatic rings. The molecule has 2 nitrogen and oxygen atoms in total. The predicted octanol–water partition coefficient (Wildman–Crippen LogP) is 3.03. The Balaban J connectivity index is 2.32. The molecular weight excluding hydrogens is 200 g/mol. The lowest BCUT2D eigenvalue weighted by atomic mass is 9.81. The lowest BCUT2D eigenvalue weighted by Crippen LogP contribution is -2.22. The Labute approximate surface area is 96.9 Å². The van der Waals surface area contributed by atoms with Crippen molar-refractivity contribution in [3.63, 3.8) is 0 Å². The van der Waals surface area contributed by atoms with Crippen molar-refractivity contribution in [3.05, 3.63) is 28.8 Å². The maximum atomic E-state index is 10.0. The van der Waals surface area contributed by atoms with E-state index >= 15 is 0 Å². The molecule has 0 amide bonds. The third-order valence-electron chi connectivity index (χ3n) is 3.67. The number of rotatable bonds is 1. The van der Waals surface area contributed by atoms with E-state index < -0.39 is 0 Å². The van der Waals surface area contributed by atoms with Crippen LogP contribution in [0, 0.1) is 13.8 Å². The molecule has 0 aromatic heterocycles. The second kappa shape index (κ2) is 4.46. The Bertz CT molecular complexity index is 361. The zero-order valence-corrected chi connectivity index (χ0v) is 10.0. The maximum absolute atomic E-state index is 10.0. The first kappa shape index (κ1) is 11.5. The number of aliphatic hydroxyl groups excluding tert-OH is 1. The molecule has 88 valence electrons. The predicted molar refractivity (Wildman–Crippen MR) is 64.8 cm³/mol. The Kier molecular flexibility index (Phi) is 3.20. The molecule has 1 aliphatic carbocycles. The van der Waals surface area contributed by atoms with Crippen LogP contribution in [0.4, 0.5) is 0 Å². The van der Waals surface area contributed by atoms with Gasteiger partial charge in [-0.25, -0.2) is 0 Å². The van der Waals surface area contributed by atoms with Crippen molar-refractivity contribution in [3.8, 4) is 5.75 Å². The number of phenols is 1. The van der Waals surface area contributed by atoms with Crippen LogP contribution in [0.15, 0.2) is 12.1 Å². The minimum absolute atomic E-state index is 0.211. The van der Waals surface area contributed by atoms with Gasteiger partial charge in [0, 0.05) is 5.92 Å². The van der Waals surface area contributed by atoms with Crippen molar-refractivity contribution in [2.45, 2.75) is 51.6 Å². The van der Waals surface area contributed by atoms with Gasteiger partial charge in [-0.3, -0.25) is 0 Å². The van der Waals surface area contributed by atoms with Crippen molar-refractivity contribution in [2.75, 3.05) is 0 Å². The summed E-state index contributed by atoms with van der Waals surface area (Å²) in [6.45, 7) is 3.84. The van der Waals surface area contributed by atoms with E-state index in [-0.39, 0.29) is 12.0 Å². The van der Waals surface area contributed by atoms with E-state index in [0.29, 0.717) is 5.75 Å². The minimum atomic E-state index is -0.211. The van der Waals surface area contributed by atoms with Crippen LogP contribution >= 0.6 is 0 Å². The average molecular weight is 220 g/mol. The summed E-state index contributed by atoms with van der Waals surface area (Å²) in [5.41, 5.74) is 3.00. The first-order chi connectivity index (χ1) is 7.59. The molecule has 1 aromatic carbocycles. The molecular formula is C14H20O2. The van der Waals surface area contributed by atoms with E-state index in [9.17, 15) is 10.2 Å². The number of aryl methyl sites for hydroxylation is 2. The van der Waals surface area contributed by atoms with E-state index in [1.165, 1.54) is 12.0 Å². The molecule has 0 bridgehead atoms. The molecule has 0 aliphatic heterocycles. The maximum Gasteiger partial charge on any atom is 0.121 e. The van der Waals surface area contributed by atoms with Crippen LogP contribution < -0.4 is 0 Å². The molecule has 0 radical (unpaired) electrons. The second-order valence-corrected chi connectivity index (χ2v) is 4.96. The van der Waals surface area contributed by atoms with Gasteiger partial charge in [0.05, 0.1) is 6.10 Å². The third kappa shape index (κ3) is 2.07. The molecule has 2 rings (SSSR count). The normalized spacial score (nSPS) is 25.7. The molecule has 0 heterocycles. The Morgan fingerprint density at radius 1 is 1.06 bits per heavy atom. The van der Waals surface area contributed by atoms with E-state index in [4.69, 9.17) is 0 Å². The largest absolute Gasteiger partial charge is 0.507 e. The summed E-state index contributed by atoms with van der Waals surface area (Å²) < 4.78 is 0. The average Bonchev–Trinajstić information content (AvgIpc) is 2.26. The van der Waals surface area contributed by atoms with Crippen LogP contribution in [0.3, 0.4) is 0 Å². The van der Waals surface area contributed by atoms with Crippen LogP contribution in [-0.2, 0) is 0 Å². The summed E-state index contributed by atoms with van der Waals surface area (Å²) >= 11 is 0. The number of aliphatic hydroxyl groups is 1. The summed E-state index contributed by atoms with van der Waals surface area (Å²) in [7, 11) is 0. The molecule has 0 spiro atoms.